The first-order valence-corrected chi connectivity index (χ1v) is 10.6. The van der Waals surface area contributed by atoms with Gasteiger partial charge < -0.3 is 15.0 Å². The summed E-state index contributed by atoms with van der Waals surface area (Å²) in [7, 11) is 0. The van der Waals surface area contributed by atoms with Gasteiger partial charge in [0.05, 0.1) is 17.6 Å². The number of nitrogens with one attached hydrogen (secondary N) is 1. The van der Waals surface area contributed by atoms with Crippen LogP contribution in [0, 0.1) is 29.1 Å². The van der Waals surface area contributed by atoms with Crippen molar-refractivity contribution < 1.29 is 19.1 Å². The minimum Gasteiger partial charge on any atom is -0.452 e. The Hall–Kier alpha value is -2.88. The number of amides is 2. The van der Waals surface area contributed by atoms with Crippen molar-refractivity contribution in [2.45, 2.75) is 58.6 Å². The van der Waals surface area contributed by atoms with Crippen LogP contribution in [0.1, 0.15) is 52.0 Å². The molecule has 7 heteroatoms. The average molecular weight is 412 g/mol. The van der Waals surface area contributed by atoms with E-state index >= 15 is 0 Å². The number of esters is 1. The second-order valence-electron chi connectivity index (χ2n) is 8.54. The number of hydrogen-bond acceptors (Lipinski definition) is 5. The molecular formula is C23H29N3O4. The molecule has 5 atom stereocenters. The van der Waals surface area contributed by atoms with Gasteiger partial charge in [0.1, 0.15) is 0 Å². The first kappa shape index (κ1) is 21.8. The number of nitriles is 1. The number of hydrogen-bond donors (Lipinski definition) is 1. The summed E-state index contributed by atoms with van der Waals surface area (Å²) < 4.78 is 5.36. The first-order valence-electron chi connectivity index (χ1n) is 10.6. The predicted octanol–water partition coefficient (Wildman–Crippen LogP) is 3.10. The Morgan fingerprint density at radius 2 is 1.93 bits per heavy atom. The fourth-order valence-corrected chi connectivity index (χ4v) is 4.40. The van der Waals surface area contributed by atoms with Gasteiger partial charge in [0, 0.05) is 24.7 Å². The largest absolute Gasteiger partial charge is 0.452 e. The summed E-state index contributed by atoms with van der Waals surface area (Å²) in [6.07, 6.45) is 2.41. The third-order valence-electron chi connectivity index (χ3n) is 6.50. The van der Waals surface area contributed by atoms with Crippen molar-refractivity contribution in [2.75, 3.05) is 11.9 Å². The maximum Gasteiger partial charge on any atom is 0.312 e. The fraction of sp³-hybridized carbons (Fsp3) is 0.565. The number of benzene rings is 1. The van der Waals surface area contributed by atoms with E-state index < -0.39 is 23.9 Å². The molecule has 160 valence electrons. The van der Waals surface area contributed by atoms with Crippen molar-refractivity contribution >= 4 is 23.5 Å². The minimum atomic E-state index is -0.981. The highest BCUT2D eigenvalue weighted by Gasteiger charge is 2.42. The zero-order valence-corrected chi connectivity index (χ0v) is 17.8. The molecule has 0 unspecified atom stereocenters. The number of nitrogens with zero attached hydrogens (tertiary/aromatic N) is 2. The monoisotopic (exact) mass is 411 g/mol. The van der Waals surface area contributed by atoms with Crippen LogP contribution in [-0.2, 0) is 19.1 Å². The van der Waals surface area contributed by atoms with Crippen LogP contribution in [0.25, 0.3) is 0 Å². The van der Waals surface area contributed by atoms with Crippen molar-refractivity contribution in [3.8, 4) is 6.07 Å². The Morgan fingerprint density at radius 3 is 2.60 bits per heavy atom. The number of carbonyl (C=O) groups is 3. The van der Waals surface area contributed by atoms with E-state index in [-0.39, 0.29) is 18.4 Å². The van der Waals surface area contributed by atoms with Crippen LogP contribution in [0.4, 0.5) is 5.69 Å². The Labute approximate surface area is 177 Å². The summed E-state index contributed by atoms with van der Waals surface area (Å²) in [6, 6.07) is 8.61. The molecule has 1 aromatic rings. The quantitative estimate of drug-likeness (QED) is 0.751. The lowest BCUT2D eigenvalue weighted by molar-refractivity contribution is -0.157. The molecule has 2 aliphatic rings. The highest BCUT2D eigenvalue weighted by molar-refractivity contribution is 5.95. The Morgan fingerprint density at radius 1 is 1.23 bits per heavy atom. The van der Waals surface area contributed by atoms with Crippen LogP contribution in [0.3, 0.4) is 0 Å². The van der Waals surface area contributed by atoms with Gasteiger partial charge in [-0.3, -0.25) is 14.4 Å². The maximum atomic E-state index is 12.6. The molecular weight excluding hydrogens is 382 g/mol. The summed E-state index contributed by atoms with van der Waals surface area (Å²) in [6.45, 7) is 6.28. The lowest BCUT2D eigenvalue weighted by atomic mass is 9.77. The third kappa shape index (κ3) is 4.81. The summed E-state index contributed by atoms with van der Waals surface area (Å²) in [5.41, 5.74) is 1.01. The molecule has 2 amide bonds. The molecule has 2 fully saturated rings. The molecule has 1 N–H and O–H groups in total. The van der Waals surface area contributed by atoms with E-state index in [0.29, 0.717) is 29.6 Å². The number of carbonyl (C=O) groups excluding carboxylic acids is 3. The van der Waals surface area contributed by atoms with Crippen LogP contribution in [0.15, 0.2) is 24.3 Å². The smallest absolute Gasteiger partial charge is 0.312 e. The standard InChI is InChI=1S/C23H29N3O4/c1-14-5-4-6-20(15(14)2)26-13-18(11-21(26)27)23(29)30-16(3)22(28)25-19-9-7-17(12-24)8-10-19/h7-10,14-16,18,20H,4-6,11,13H2,1-3H3,(H,25,28)/t14-,15-,16+,18-,20-/m1/s1. The number of ether oxygens (including phenoxy) is 1. The van der Waals surface area contributed by atoms with E-state index in [4.69, 9.17) is 10.00 Å². The number of anilines is 1. The highest BCUT2D eigenvalue weighted by Crippen LogP contribution is 2.36. The highest BCUT2D eigenvalue weighted by atomic mass is 16.5. The normalized spacial score (nSPS) is 27.3. The molecule has 3 rings (SSSR count). The van der Waals surface area contributed by atoms with E-state index in [1.165, 1.54) is 13.3 Å². The number of likely N-dealkylation sites (tertiary alicyclic amines) is 1. The number of rotatable bonds is 5. The van der Waals surface area contributed by atoms with Gasteiger partial charge in [-0.1, -0.05) is 26.7 Å². The zero-order chi connectivity index (χ0) is 21.8. The fourth-order valence-electron chi connectivity index (χ4n) is 4.40. The van der Waals surface area contributed by atoms with Gasteiger partial charge in [0.25, 0.3) is 5.91 Å². The van der Waals surface area contributed by atoms with Gasteiger partial charge in [-0.25, -0.2) is 0 Å². The molecule has 30 heavy (non-hydrogen) atoms. The average Bonchev–Trinajstić information content (AvgIpc) is 3.12. The van der Waals surface area contributed by atoms with Gasteiger partial charge in [0.2, 0.25) is 5.91 Å². The molecule has 1 saturated heterocycles. The van der Waals surface area contributed by atoms with Crippen LogP contribution in [-0.4, -0.2) is 41.4 Å². The van der Waals surface area contributed by atoms with Crippen LogP contribution < -0.4 is 5.32 Å². The summed E-state index contributed by atoms with van der Waals surface area (Å²) in [5.74, 6) is -0.526. The Kier molecular flexibility index (Phi) is 6.76. The van der Waals surface area contributed by atoms with Gasteiger partial charge in [0.15, 0.2) is 6.10 Å². The van der Waals surface area contributed by atoms with Gasteiger partial charge >= 0.3 is 5.97 Å². The van der Waals surface area contributed by atoms with Crippen LogP contribution >= 0.6 is 0 Å². The van der Waals surface area contributed by atoms with E-state index in [2.05, 4.69) is 19.2 Å². The topological polar surface area (TPSA) is 99.5 Å². The van der Waals surface area contributed by atoms with E-state index in [0.717, 1.165) is 12.8 Å². The van der Waals surface area contributed by atoms with Crippen molar-refractivity contribution in [1.29, 1.82) is 5.26 Å². The van der Waals surface area contributed by atoms with Crippen molar-refractivity contribution in [2.24, 2.45) is 17.8 Å². The zero-order valence-electron chi connectivity index (χ0n) is 17.8. The molecule has 1 aromatic carbocycles. The molecule has 1 saturated carbocycles. The molecule has 1 aliphatic heterocycles. The lowest BCUT2D eigenvalue weighted by Gasteiger charge is -2.39. The summed E-state index contributed by atoms with van der Waals surface area (Å²) in [4.78, 5) is 39.4. The second kappa shape index (κ2) is 9.29. The van der Waals surface area contributed by atoms with Crippen LogP contribution in [0.2, 0.25) is 0 Å². The Bertz CT molecular complexity index is 845. The van der Waals surface area contributed by atoms with Gasteiger partial charge in [-0.15, -0.1) is 0 Å². The molecule has 0 radical (unpaired) electrons. The maximum absolute atomic E-state index is 12.6. The van der Waals surface area contributed by atoms with Crippen molar-refractivity contribution in [3.05, 3.63) is 29.8 Å². The predicted molar refractivity (Wildman–Crippen MR) is 111 cm³/mol. The molecule has 0 spiro atoms. The summed E-state index contributed by atoms with van der Waals surface area (Å²) in [5, 5.41) is 11.5. The van der Waals surface area contributed by atoms with E-state index in [9.17, 15) is 14.4 Å². The van der Waals surface area contributed by atoms with E-state index in [1.54, 1.807) is 24.3 Å². The van der Waals surface area contributed by atoms with Gasteiger partial charge in [-0.05, 0) is 49.4 Å². The minimum absolute atomic E-state index is 0.00223. The molecule has 7 nitrogen and oxygen atoms in total. The van der Waals surface area contributed by atoms with Gasteiger partial charge in [-0.2, -0.15) is 5.26 Å². The van der Waals surface area contributed by atoms with Crippen LogP contribution in [0.5, 0.6) is 0 Å². The summed E-state index contributed by atoms with van der Waals surface area (Å²) >= 11 is 0. The first-order chi connectivity index (χ1) is 14.3. The molecule has 0 aromatic heterocycles. The lowest BCUT2D eigenvalue weighted by Crippen LogP contribution is -2.45. The second-order valence-corrected chi connectivity index (χ2v) is 8.54. The van der Waals surface area contributed by atoms with Crippen molar-refractivity contribution in [1.82, 2.24) is 4.90 Å². The Balaban J connectivity index is 1.54. The van der Waals surface area contributed by atoms with Crippen molar-refractivity contribution in [3.63, 3.8) is 0 Å². The SMILES string of the molecule is C[C@@H]1[C@H](C)CCC[C@H]1N1C[C@H](C(=O)O[C@@H](C)C(=O)Nc2ccc(C#N)cc2)CC1=O. The van der Waals surface area contributed by atoms with E-state index in [1.807, 2.05) is 11.0 Å². The third-order valence-corrected chi connectivity index (χ3v) is 6.50. The molecule has 1 aliphatic carbocycles. The molecule has 0 bridgehead atoms. The molecule has 1 heterocycles.